The highest BCUT2D eigenvalue weighted by atomic mass is 32.2. The maximum Gasteiger partial charge on any atom is 0.238 e. The van der Waals surface area contributed by atoms with Crippen molar-refractivity contribution in [2.75, 3.05) is 43.8 Å². The first-order valence-corrected chi connectivity index (χ1v) is 10.0. The largest absolute Gasteiger partial charge is 0.341 e. The van der Waals surface area contributed by atoms with E-state index in [0.717, 1.165) is 13.0 Å². The molecule has 0 bridgehead atoms. The van der Waals surface area contributed by atoms with Crippen molar-refractivity contribution >= 4 is 29.3 Å². The molecule has 2 heterocycles. The summed E-state index contributed by atoms with van der Waals surface area (Å²) in [6.07, 6.45) is 4.11. The lowest BCUT2D eigenvalue weighted by Crippen LogP contribution is -2.38. The monoisotopic (exact) mass is 403 g/mol. The van der Waals surface area contributed by atoms with Crippen LogP contribution in [-0.4, -0.2) is 70.1 Å². The lowest BCUT2D eigenvalue weighted by Gasteiger charge is -2.21. The van der Waals surface area contributed by atoms with E-state index in [1.807, 2.05) is 9.80 Å². The van der Waals surface area contributed by atoms with Crippen LogP contribution in [0.25, 0.3) is 0 Å². The van der Waals surface area contributed by atoms with Crippen LogP contribution in [0.4, 0.5) is 10.1 Å². The van der Waals surface area contributed by atoms with Crippen LogP contribution in [0.1, 0.15) is 6.42 Å². The van der Waals surface area contributed by atoms with Gasteiger partial charge in [0, 0.05) is 44.3 Å². The third-order valence-corrected chi connectivity index (χ3v) is 5.16. The second-order valence-corrected chi connectivity index (χ2v) is 7.33. The molecule has 1 fully saturated rings. The molecule has 7 nitrogen and oxygen atoms in total. The molecule has 0 aliphatic carbocycles. The van der Waals surface area contributed by atoms with Gasteiger partial charge in [-0.2, -0.15) is 0 Å². The van der Waals surface area contributed by atoms with Gasteiger partial charge in [-0.3, -0.25) is 14.5 Å². The zero-order valence-electron chi connectivity index (χ0n) is 15.4. The van der Waals surface area contributed by atoms with Gasteiger partial charge in [-0.05, 0) is 36.8 Å². The number of halogens is 1. The summed E-state index contributed by atoms with van der Waals surface area (Å²) in [5.41, 5.74) is 0.568. The zero-order chi connectivity index (χ0) is 19.8. The van der Waals surface area contributed by atoms with Crippen molar-refractivity contribution in [2.45, 2.75) is 11.6 Å². The van der Waals surface area contributed by atoms with E-state index in [0.29, 0.717) is 36.2 Å². The molecule has 1 aliphatic heterocycles. The molecule has 3 rings (SSSR count). The SMILES string of the molecule is O=C(CN1CCCN(C(=O)CSc2ncccn2)CC1)Nc1ccc(F)cc1. The lowest BCUT2D eigenvalue weighted by molar-refractivity contribution is -0.128. The van der Waals surface area contributed by atoms with E-state index < -0.39 is 0 Å². The average molecular weight is 403 g/mol. The van der Waals surface area contributed by atoms with E-state index in [1.165, 1.54) is 36.0 Å². The van der Waals surface area contributed by atoms with Crippen molar-refractivity contribution in [2.24, 2.45) is 0 Å². The van der Waals surface area contributed by atoms with Gasteiger partial charge in [-0.15, -0.1) is 0 Å². The summed E-state index contributed by atoms with van der Waals surface area (Å²) in [5.74, 6) is -0.139. The second kappa shape index (κ2) is 10.1. The molecule has 0 atom stereocenters. The zero-order valence-corrected chi connectivity index (χ0v) is 16.2. The fourth-order valence-corrected chi connectivity index (χ4v) is 3.60. The fraction of sp³-hybridized carbons (Fsp3) is 0.368. The number of benzene rings is 1. The molecule has 0 unspecified atom stereocenters. The standard InChI is InChI=1S/C19H22FN5O2S/c20-15-3-5-16(6-4-15)23-17(26)13-24-9-2-10-25(12-11-24)18(27)14-28-19-21-7-1-8-22-19/h1,3-8H,2,9-14H2,(H,23,26). The number of anilines is 1. The summed E-state index contributed by atoms with van der Waals surface area (Å²) in [5, 5.41) is 3.35. The number of thioether (sulfide) groups is 1. The van der Waals surface area contributed by atoms with E-state index in [4.69, 9.17) is 0 Å². The fourth-order valence-electron chi connectivity index (χ4n) is 2.89. The van der Waals surface area contributed by atoms with Crippen molar-refractivity contribution in [3.05, 3.63) is 48.5 Å². The first-order valence-electron chi connectivity index (χ1n) is 9.05. The average Bonchev–Trinajstić information content (AvgIpc) is 2.94. The van der Waals surface area contributed by atoms with Gasteiger partial charge in [-0.1, -0.05) is 11.8 Å². The highest BCUT2D eigenvalue weighted by molar-refractivity contribution is 7.99. The number of carbonyl (C=O) groups is 2. The molecule has 2 aromatic rings. The Labute approximate surface area is 167 Å². The molecular weight excluding hydrogens is 381 g/mol. The summed E-state index contributed by atoms with van der Waals surface area (Å²) >= 11 is 1.32. The van der Waals surface area contributed by atoms with Gasteiger partial charge < -0.3 is 10.2 Å². The quantitative estimate of drug-likeness (QED) is 0.586. The minimum absolute atomic E-state index is 0.0510. The maximum atomic E-state index is 12.9. The molecule has 1 saturated heterocycles. The van der Waals surface area contributed by atoms with E-state index in [2.05, 4.69) is 15.3 Å². The minimum Gasteiger partial charge on any atom is -0.341 e. The van der Waals surface area contributed by atoms with Crippen LogP contribution in [0.3, 0.4) is 0 Å². The summed E-state index contributed by atoms with van der Waals surface area (Å²) in [6, 6.07) is 7.42. The third kappa shape index (κ3) is 6.28. The Kier molecular flexibility index (Phi) is 7.32. The van der Waals surface area contributed by atoms with Gasteiger partial charge >= 0.3 is 0 Å². The number of nitrogens with zero attached hydrogens (tertiary/aromatic N) is 4. The molecule has 9 heteroatoms. The number of carbonyl (C=O) groups excluding carboxylic acids is 2. The summed E-state index contributed by atoms with van der Waals surface area (Å²) < 4.78 is 12.9. The number of hydrogen-bond donors (Lipinski definition) is 1. The van der Waals surface area contributed by atoms with Crippen LogP contribution in [0, 0.1) is 5.82 Å². The van der Waals surface area contributed by atoms with Crippen LogP contribution in [-0.2, 0) is 9.59 Å². The Bertz CT molecular complexity index is 791. The van der Waals surface area contributed by atoms with E-state index in [9.17, 15) is 14.0 Å². The maximum absolute atomic E-state index is 12.9. The van der Waals surface area contributed by atoms with Gasteiger partial charge in [0.05, 0.1) is 12.3 Å². The van der Waals surface area contributed by atoms with Gasteiger partial charge in [0.15, 0.2) is 5.16 Å². The van der Waals surface area contributed by atoms with Gasteiger partial charge in [-0.25, -0.2) is 14.4 Å². The Morgan fingerprint density at radius 3 is 2.57 bits per heavy atom. The number of aromatic nitrogens is 2. The van der Waals surface area contributed by atoms with E-state index in [-0.39, 0.29) is 24.2 Å². The predicted octanol–water partition coefficient (Wildman–Crippen LogP) is 1.88. The van der Waals surface area contributed by atoms with Gasteiger partial charge in [0.2, 0.25) is 11.8 Å². The van der Waals surface area contributed by atoms with Crippen LogP contribution >= 0.6 is 11.8 Å². The van der Waals surface area contributed by atoms with E-state index in [1.54, 1.807) is 18.5 Å². The molecular formula is C19H22FN5O2S. The van der Waals surface area contributed by atoms with E-state index >= 15 is 0 Å². The van der Waals surface area contributed by atoms with Crippen molar-refractivity contribution in [1.29, 1.82) is 0 Å². The Hall–Kier alpha value is -2.52. The number of nitrogens with one attached hydrogen (secondary N) is 1. The van der Waals surface area contributed by atoms with Crippen LogP contribution < -0.4 is 5.32 Å². The highest BCUT2D eigenvalue weighted by Gasteiger charge is 2.20. The van der Waals surface area contributed by atoms with Gasteiger partial charge in [0.1, 0.15) is 5.82 Å². The van der Waals surface area contributed by atoms with Gasteiger partial charge in [0.25, 0.3) is 0 Å². The smallest absolute Gasteiger partial charge is 0.238 e. The number of hydrogen-bond acceptors (Lipinski definition) is 6. The number of rotatable bonds is 6. The lowest BCUT2D eigenvalue weighted by atomic mass is 10.3. The van der Waals surface area contributed by atoms with Crippen molar-refractivity contribution in [3.63, 3.8) is 0 Å². The summed E-state index contributed by atoms with van der Waals surface area (Å²) in [4.78, 5) is 36.7. The van der Waals surface area contributed by atoms with Crippen LogP contribution in [0.15, 0.2) is 47.9 Å². The van der Waals surface area contributed by atoms with Crippen LogP contribution in [0.5, 0.6) is 0 Å². The van der Waals surface area contributed by atoms with Crippen LogP contribution in [0.2, 0.25) is 0 Å². The molecule has 2 amide bonds. The molecule has 0 radical (unpaired) electrons. The molecule has 0 spiro atoms. The molecule has 1 aromatic carbocycles. The normalized spacial score (nSPS) is 15.1. The Balaban J connectivity index is 1.43. The predicted molar refractivity (Wildman–Crippen MR) is 105 cm³/mol. The molecule has 28 heavy (non-hydrogen) atoms. The van der Waals surface area contributed by atoms with Crippen molar-refractivity contribution < 1.29 is 14.0 Å². The highest BCUT2D eigenvalue weighted by Crippen LogP contribution is 2.13. The first kappa shape index (κ1) is 20.2. The third-order valence-electron chi connectivity index (χ3n) is 4.30. The van der Waals surface area contributed by atoms with Crippen molar-refractivity contribution in [1.82, 2.24) is 19.8 Å². The Morgan fingerprint density at radius 1 is 1.07 bits per heavy atom. The summed E-state index contributed by atoms with van der Waals surface area (Å²) in [7, 11) is 0. The first-order chi connectivity index (χ1) is 13.6. The minimum atomic E-state index is -0.340. The molecule has 0 saturated carbocycles. The summed E-state index contributed by atoms with van der Waals surface area (Å²) in [6.45, 7) is 2.88. The number of amides is 2. The Morgan fingerprint density at radius 2 is 1.82 bits per heavy atom. The van der Waals surface area contributed by atoms with Crippen molar-refractivity contribution in [3.8, 4) is 0 Å². The molecule has 1 aliphatic rings. The second-order valence-electron chi connectivity index (χ2n) is 6.39. The molecule has 1 aromatic heterocycles. The topological polar surface area (TPSA) is 78.4 Å². The molecule has 148 valence electrons. The molecule has 1 N–H and O–H groups in total.